The molecular weight excluding hydrogens is 252 g/mol. The number of nitrogen functional groups attached to an aromatic ring is 1. The Balaban J connectivity index is 1.78. The minimum atomic E-state index is 0.529. The molecule has 2 rings (SSSR count). The predicted molar refractivity (Wildman–Crippen MR) is 80.9 cm³/mol. The second-order valence-corrected chi connectivity index (χ2v) is 4.46. The molecule has 1 aromatic carbocycles. The van der Waals surface area contributed by atoms with Gasteiger partial charge in [0.05, 0.1) is 12.2 Å². The lowest BCUT2D eigenvalue weighted by atomic mass is 10.2. The molecule has 0 atom stereocenters. The molecule has 2 aromatic rings. The number of anilines is 2. The van der Waals surface area contributed by atoms with Gasteiger partial charge in [-0.1, -0.05) is 25.5 Å². The SMILES string of the molecule is CCCc1cc(NCCOc2ccccc2N)ncn1. The number of para-hydroxylation sites is 2. The number of nitrogens with two attached hydrogens (primary N) is 1. The molecule has 5 heteroatoms. The Morgan fingerprint density at radius 3 is 2.90 bits per heavy atom. The second-order valence-electron chi connectivity index (χ2n) is 4.46. The average Bonchev–Trinajstić information content (AvgIpc) is 2.46. The molecule has 0 bridgehead atoms. The van der Waals surface area contributed by atoms with Gasteiger partial charge in [-0.25, -0.2) is 9.97 Å². The van der Waals surface area contributed by atoms with E-state index in [2.05, 4.69) is 22.2 Å². The van der Waals surface area contributed by atoms with Crippen LogP contribution in [-0.2, 0) is 6.42 Å². The molecule has 0 aliphatic heterocycles. The number of hydrogen-bond acceptors (Lipinski definition) is 5. The Bertz CT molecular complexity index is 545. The van der Waals surface area contributed by atoms with Gasteiger partial charge in [-0.2, -0.15) is 0 Å². The quantitative estimate of drug-likeness (QED) is 0.598. The summed E-state index contributed by atoms with van der Waals surface area (Å²) in [7, 11) is 0. The molecule has 0 unspecified atom stereocenters. The number of rotatable bonds is 7. The molecule has 106 valence electrons. The first kappa shape index (κ1) is 14.1. The molecule has 0 amide bonds. The monoisotopic (exact) mass is 272 g/mol. The smallest absolute Gasteiger partial charge is 0.142 e. The highest BCUT2D eigenvalue weighted by molar-refractivity contribution is 5.51. The van der Waals surface area contributed by atoms with Crippen molar-refractivity contribution in [1.29, 1.82) is 0 Å². The maximum Gasteiger partial charge on any atom is 0.142 e. The third-order valence-electron chi connectivity index (χ3n) is 2.81. The van der Waals surface area contributed by atoms with Crippen LogP contribution in [-0.4, -0.2) is 23.1 Å². The molecule has 0 aliphatic rings. The Kier molecular flexibility index (Phi) is 5.17. The third kappa shape index (κ3) is 4.12. The second kappa shape index (κ2) is 7.33. The first-order valence-corrected chi connectivity index (χ1v) is 6.81. The van der Waals surface area contributed by atoms with Gasteiger partial charge in [0.15, 0.2) is 0 Å². The summed E-state index contributed by atoms with van der Waals surface area (Å²) in [6.07, 6.45) is 3.63. The van der Waals surface area contributed by atoms with E-state index in [9.17, 15) is 0 Å². The number of ether oxygens (including phenoxy) is 1. The van der Waals surface area contributed by atoms with Crippen LogP contribution in [0.3, 0.4) is 0 Å². The van der Waals surface area contributed by atoms with Crippen molar-refractivity contribution in [3.05, 3.63) is 42.4 Å². The number of nitrogens with zero attached hydrogens (tertiary/aromatic N) is 2. The topological polar surface area (TPSA) is 73.1 Å². The minimum Gasteiger partial charge on any atom is -0.490 e. The fourth-order valence-electron chi connectivity index (χ4n) is 1.84. The molecule has 5 nitrogen and oxygen atoms in total. The number of benzene rings is 1. The molecule has 0 radical (unpaired) electrons. The van der Waals surface area contributed by atoms with Crippen molar-refractivity contribution in [3.8, 4) is 5.75 Å². The maximum atomic E-state index is 5.80. The molecule has 1 aromatic heterocycles. The highest BCUT2D eigenvalue weighted by atomic mass is 16.5. The van der Waals surface area contributed by atoms with E-state index in [1.54, 1.807) is 6.33 Å². The fraction of sp³-hybridized carbons (Fsp3) is 0.333. The zero-order chi connectivity index (χ0) is 14.2. The molecule has 0 saturated heterocycles. The van der Waals surface area contributed by atoms with Crippen LogP contribution < -0.4 is 15.8 Å². The van der Waals surface area contributed by atoms with Crippen molar-refractivity contribution in [2.75, 3.05) is 24.2 Å². The van der Waals surface area contributed by atoms with Crippen LogP contribution >= 0.6 is 0 Å². The molecule has 0 fully saturated rings. The molecular formula is C15H20N4O. The Hall–Kier alpha value is -2.30. The van der Waals surface area contributed by atoms with E-state index < -0.39 is 0 Å². The number of aryl methyl sites for hydroxylation is 1. The van der Waals surface area contributed by atoms with Gasteiger partial charge in [0.1, 0.15) is 24.5 Å². The first-order valence-electron chi connectivity index (χ1n) is 6.81. The van der Waals surface area contributed by atoms with E-state index in [1.165, 1.54) is 0 Å². The minimum absolute atomic E-state index is 0.529. The summed E-state index contributed by atoms with van der Waals surface area (Å²) in [5, 5.41) is 3.22. The van der Waals surface area contributed by atoms with Crippen molar-refractivity contribution >= 4 is 11.5 Å². The van der Waals surface area contributed by atoms with Crippen LogP contribution in [0.2, 0.25) is 0 Å². The highest BCUT2D eigenvalue weighted by Crippen LogP contribution is 2.19. The van der Waals surface area contributed by atoms with Gasteiger partial charge in [0, 0.05) is 11.8 Å². The lowest BCUT2D eigenvalue weighted by molar-refractivity contribution is 0.334. The van der Waals surface area contributed by atoms with Gasteiger partial charge in [-0.3, -0.25) is 0 Å². The van der Waals surface area contributed by atoms with E-state index >= 15 is 0 Å². The van der Waals surface area contributed by atoms with E-state index in [0.717, 1.165) is 24.4 Å². The summed E-state index contributed by atoms with van der Waals surface area (Å²) >= 11 is 0. The standard InChI is InChI=1S/C15H20N4O/c1-2-5-12-10-15(19-11-18-12)17-8-9-20-14-7-4-3-6-13(14)16/h3-4,6-7,10-11H,2,5,8-9,16H2,1H3,(H,17,18,19). The van der Waals surface area contributed by atoms with Gasteiger partial charge in [-0.15, -0.1) is 0 Å². The van der Waals surface area contributed by atoms with Crippen LogP contribution in [0.4, 0.5) is 11.5 Å². The van der Waals surface area contributed by atoms with Crippen molar-refractivity contribution in [2.24, 2.45) is 0 Å². The van der Waals surface area contributed by atoms with Crippen LogP contribution in [0.1, 0.15) is 19.0 Å². The molecule has 3 N–H and O–H groups in total. The summed E-state index contributed by atoms with van der Waals surface area (Å²) in [6.45, 7) is 3.32. The molecule has 0 saturated carbocycles. The summed E-state index contributed by atoms with van der Waals surface area (Å²) in [5.41, 5.74) is 7.51. The zero-order valence-electron chi connectivity index (χ0n) is 11.7. The Labute approximate surface area is 119 Å². The van der Waals surface area contributed by atoms with Crippen molar-refractivity contribution in [1.82, 2.24) is 9.97 Å². The molecule has 0 spiro atoms. The van der Waals surface area contributed by atoms with Crippen molar-refractivity contribution in [3.63, 3.8) is 0 Å². The third-order valence-corrected chi connectivity index (χ3v) is 2.81. The predicted octanol–water partition coefficient (Wildman–Crippen LogP) is 2.50. The van der Waals surface area contributed by atoms with Crippen LogP contribution in [0.25, 0.3) is 0 Å². The maximum absolute atomic E-state index is 5.80. The Morgan fingerprint density at radius 2 is 2.10 bits per heavy atom. The normalized spacial score (nSPS) is 10.2. The summed E-state index contributed by atoms with van der Waals surface area (Å²) < 4.78 is 5.61. The average molecular weight is 272 g/mol. The van der Waals surface area contributed by atoms with Gasteiger partial charge >= 0.3 is 0 Å². The van der Waals surface area contributed by atoms with E-state index in [1.807, 2.05) is 30.3 Å². The van der Waals surface area contributed by atoms with Crippen molar-refractivity contribution < 1.29 is 4.74 Å². The molecule has 20 heavy (non-hydrogen) atoms. The summed E-state index contributed by atoms with van der Waals surface area (Å²) in [5.74, 6) is 1.54. The lowest BCUT2D eigenvalue weighted by Crippen LogP contribution is -2.13. The van der Waals surface area contributed by atoms with E-state index in [4.69, 9.17) is 10.5 Å². The fourth-order valence-corrected chi connectivity index (χ4v) is 1.84. The van der Waals surface area contributed by atoms with E-state index in [-0.39, 0.29) is 0 Å². The van der Waals surface area contributed by atoms with Crippen LogP contribution in [0, 0.1) is 0 Å². The van der Waals surface area contributed by atoms with Gasteiger partial charge in [-0.05, 0) is 18.6 Å². The van der Waals surface area contributed by atoms with Crippen molar-refractivity contribution in [2.45, 2.75) is 19.8 Å². The van der Waals surface area contributed by atoms with Gasteiger partial charge < -0.3 is 15.8 Å². The summed E-state index contributed by atoms with van der Waals surface area (Å²) in [4.78, 5) is 8.40. The van der Waals surface area contributed by atoms with Gasteiger partial charge in [0.2, 0.25) is 0 Å². The van der Waals surface area contributed by atoms with Gasteiger partial charge in [0.25, 0.3) is 0 Å². The van der Waals surface area contributed by atoms with E-state index in [0.29, 0.717) is 24.6 Å². The summed E-state index contributed by atoms with van der Waals surface area (Å²) in [6, 6.07) is 9.45. The number of hydrogen-bond donors (Lipinski definition) is 2. The zero-order valence-corrected chi connectivity index (χ0v) is 11.7. The first-order chi connectivity index (χ1) is 9.79. The number of aromatic nitrogens is 2. The molecule has 1 heterocycles. The van der Waals surface area contributed by atoms with Crippen LogP contribution in [0.15, 0.2) is 36.7 Å². The lowest BCUT2D eigenvalue weighted by Gasteiger charge is -2.10. The largest absolute Gasteiger partial charge is 0.490 e. The number of nitrogens with one attached hydrogen (secondary N) is 1. The van der Waals surface area contributed by atoms with Crippen LogP contribution in [0.5, 0.6) is 5.75 Å². The Morgan fingerprint density at radius 1 is 1.25 bits per heavy atom. The highest BCUT2D eigenvalue weighted by Gasteiger charge is 2.00. The molecule has 0 aliphatic carbocycles.